The van der Waals surface area contributed by atoms with Crippen molar-refractivity contribution in [1.82, 2.24) is 9.88 Å². The maximum atomic E-state index is 6.11. The van der Waals surface area contributed by atoms with Gasteiger partial charge in [-0.3, -0.25) is 9.88 Å². The van der Waals surface area contributed by atoms with E-state index in [-0.39, 0.29) is 0 Å². The van der Waals surface area contributed by atoms with Crippen molar-refractivity contribution in [3.05, 3.63) is 29.6 Å². The highest BCUT2D eigenvalue weighted by molar-refractivity contribution is 5.10. The van der Waals surface area contributed by atoms with Crippen LogP contribution >= 0.6 is 0 Å². The molecule has 0 spiro atoms. The van der Waals surface area contributed by atoms with Crippen LogP contribution in [0.4, 0.5) is 0 Å². The average Bonchev–Trinajstić information content (AvgIpc) is 2.30. The largest absolute Gasteiger partial charge is 0.327 e. The second-order valence-corrected chi connectivity index (χ2v) is 5.29. The van der Waals surface area contributed by atoms with Gasteiger partial charge in [-0.25, -0.2) is 0 Å². The molecule has 3 atom stereocenters. The molecule has 1 aliphatic heterocycles. The maximum Gasteiger partial charge on any atom is 0.0547 e. The molecule has 3 unspecified atom stereocenters. The van der Waals surface area contributed by atoms with E-state index in [9.17, 15) is 0 Å². The summed E-state index contributed by atoms with van der Waals surface area (Å²) in [4.78, 5) is 7.07. The SMILES string of the molecule is Cc1cccc(CN2CCC(N)C(C)C2C)n1. The molecule has 1 aromatic rings. The summed E-state index contributed by atoms with van der Waals surface area (Å²) in [6.07, 6.45) is 1.09. The highest BCUT2D eigenvalue weighted by Crippen LogP contribution is 2.23. The monoisotopic (exact) mass is 233 g/mol. The fourth-order valence-electron chi connectivity index (χ4n) is 2.59. The van der Waals surface area contributed by atoms with E-state index in [2.05, 4.69) is 35.9 Å². The van der Waals surface area contributed by atoms with Crippen LogP contribution in [0.3, 0.4) is 0 Å². The van der Waals surface area contributed by atoms with Crippen molar-refractivity contribution >= 4 is 0 Å². The molecular weight excluding hydrogens is 210 g/mol. The van der Waals surface area contributed by atoms with Gasteiger partial charge in [0.05, 0.1) is 5.69 Å². The van der Waals surface area contributed by atoms with Crippen LogP contribution in [-0.2, 0) is 6.54 Å². The molecule has 2 rings (SSSR count). The zero-order valence-corrected chi connectivity index (χ0v) is 11.1. The van der Waals surface area contributed by atoms with E-state index in [1.807, 2.05) is 13.0 Å². The summed E-state index contributed by atoms with van der Waals surface area (Å²) in [5.74, 6) is 0.563. The number of piperidine rings is 1. The van der Waals surface area contributed by atoms with Crippen molar-refractivity contribution in [2.45, 2.75) is 45.8 Å². The summed E-state index contributed by atoms with van der Waals surface area (Å²) in [6, 6.07) is 7.13. The Hall–Kier alpha value is -0.930. The Kier molecular flexibility index (Phi) is 3.79. The Bertz CT molecular complexity index is 377. The molecule has 0 radical (unpaired) electrons. The van der Waals surface area contributed by atoms with Crippen LogP contribution < -0.4 is 5.73 Å². The lowest BCUT2D eigenvalue weighted by Crippen LogP contribution is -2.51. The van der Waals surface area contributed by atoms with Crippen LogP contribution in [0.1, 0.15) is 31.7 Å². The maximum absolute atomic E-state index is 6.11. The number of aromatic nitrogens is 1. The number of rotatable bonds is 2. The summed E-state index contributed by atoms with van der Waals surface area (Å²) in [7, 11) is 0. The lowest BCUT2D eigenvalue weighted by Gasteiger charge is -2.41. The minimum atomic E-state index is 0.353. The lowest BCUT2D eigenvalue weighted by atomic mass is 9.87. The molecular formula is C14H23N3. The average molecular weight is 233 g/mol. The summed E-state index contributed by atoms with van der Waals surface area (Å²) in [6.45, 7) is 8.61. The predicted octanol–water partition coefficient (Wildman–Crippen LogP) is 1.95. The lowest BCUT2D eigenvalue weighted by molar-refractivity contribution is 0.0898. The van der Waals surface area contributed by atoms with E-state index in [0.717, 1.165) is 25.2 Å². The van der Waals surface area contributed by atoms with Crippen LogP contribution in [0, 0.1) is 12.8 Å². The van der Waals surface area contributed by atoms with Crippen LogP contribution in [0.5, 0.6) is 0 Å². The summed E-state index contributed by atoms with van der Waals surface area (Å²) in [5, 5.41) is 0. The Balaban J connectivity index is 2.04. The smallest absolute Gasteiger partial charge is 0.0547 e. The second kappa shape index (κ2) is 5.15. The minimum Gasteiger partial charge on any atom is -0.327 e. The summed E-state index contributed by atoms with van der Waals surface area (Å²) < 4.78 is 0. The normalized spacial score (nSPS) is 30.5. The molecule has 0 amide bonds. The molecule has 3 heteroatoms. The van der Waals surface area contributed by atoms with Crippen LogP contribution in [0.25, 0.3) is 0 Å². The second-order valence-electron chi connectivity index (χ2n) is 5.29. The van der Waals surface area contributed by atoms with Gasteiger partial charge >= 0.3 is 0 Å². The van der Waals surface area contributed by atoms with E-state index in [1.54, 1.807) is 0 Å². The Labute approximate surface area is 104 Å². The topological polar surface area (TPSA) is 42.1 Å². The van der Waals surface area contributed by atoms with Crippen molar-refractivity contribution in [2.75, 3.05) is 6.54 Å². The van der Waals surface area contributed by atoms with Crippen LogP contribution in [-0.4, -0.2) is 28.5 Å². The molecule has 0 aliphatic carbocycles. The van der Waals surface area contributed by atoms with Crippen molar-refractivity contribution in [3.8, 4) is 0 Å². The first-order valence-corrected chi connectivity index (χ1v) is 6.50. The first kappa shape index (κ1) is 12.5. The van der Waals surface area contributed by atoms with Crippen molar-refractivity contribution < 1.29 is 0 Å². The quantitative estimate of drug-likeness (QED) is 0.849. The Morgan fingerprint density at radius 3 is 2.88 bits per heavy atom. The Morgan fingerprint density at radius 2 is 2.18 bits per heavy atom. The molecule has 3 nitrogen and oxygen atoms in total. The third-order valence-corrected chi connectivity index (χ3v) is 4.07. The molecule has 2 N–H and O–H groups in total. The van der Waals surface area contributed by atoms with Gasteiger partial charge in [0, 0.05) is 30.9 Å². The number of likely N-dealkylation sites (tertiary alicyclic amines) is 1. The third-order valence-electron chi connectivity index (χ3n) is 4.07. The van der Waals surface area contributed by atoms with Gasteiger partial charge < -0.3 is 5.73 Å². The number of hydrogen-bond acceptors (Lipinski definition) is 3. The molecule has 94 valence electrons. The van der Waals surface area contributed by atoms with Gasteiger partial charge in [-0.15, -0.1) is 0 Å². The first-order chi connectivity index (χ1) is 8.08. The van der Waals surface area contributed by atoms with Crippen molar-refractivity contribution in [2.24, 2.45) is 11.7 Å². The standard InChI is InChI=1S/C14H23N3/c1-10-5-4-6-13(16-10)9-17-8-7-14(15)11(2)12(17)3/h4-6,11-12,14H,7-9,15H2,1-3H3. The molecule has 1 fully saturated rings. The van der Waals surface area contributed by atoms with Gasteiger partial charge in [-0.1, -0.05) is 13.0 Å². The molecule has 1 aromatic heterocycles. The fraction of sp³-hybridized carbons (Fsp3) is 0.643. The van der Waals surface area contributed by atoms with Gasteiger partial charge in [0.1, 0.15) is 0 Å². The van der Waals surface area contributed by atoms with Crippen molar-refractivity contribution in [3.63, 3.8) is 0 Å². The molecule has 2 heterocycles. The van der Waals surface area contributed by atoms with Gasteiger partial charge in [0.25, 0.3) is 0 Å². The van der Waals surface area contributed by atoms with E-state index >= 15 is 0 Å². The number of pyridine rings is 1. The van der Waals surface area contributed by atoms with Crippen LogP contribution in [0.2, 0.25) is 0 Å². The minimum absolute atomic E-state index is 0.353. The molecule has 0 aromatic carbocycles. The molecule has 0 bridgehead atoms. The number of hydrogen-bond donors (Lipinski definition) is 1. The fourth-order valence-corrected chi connectivity index (χ4v) is 2.59. The molecule has 0 saturated carbocycles. The van der Waals surface area contributed by atoms with Gasteiger partial charge in [-0.05, 0) is 38.3 Å². The van der Waals surface area contributed by atoms with E-state index in [0.29, 0.717) is 18.0 Å². The Morgan fingerprint density at radius 1 is 1.41 bits per heavy atom. The first-order valence-electron chi connectivity index (χ1n) is 6.50. The van der Waals surface area contributed by atoms with E-state index < -0.39 is 0 Å². The highest BCUT2D eigenvalue weighted by Gasteiger charge is 2.30. The van der Waals surface area contributed by atoms with Gasteiger partial charge in [-0.2, -0.15) is 0 Å². The van der Waals surface area contributed by atoms with Crippen LogP contribution in [0.15, 0.2) is 18.2 Å². The van der Waals surface area contributed by atoms with E-state index in [1.165, 1.54) is 5.69 Å². The third kappa shape index (κ3) is 2.85. The van der Waals surface area contributed by atoms with Gasteiger partial charge in [0.15, 0.2) is 0 Å². The highest BCUT2D eigenvalue weighted by atomic mass is 15.2. The zero-order valence-electron chi connectivity index (χ0n) is 11.1. The number of nitrogens with zero attached hydrogens (tertiary/aromatic N) is 2. The summed E-state index contributed by atoms with van der Waals surface area (Å²) in [5.41, 5.74) is 8.37. The van der Waals surface area contributed by atoms with E-state index in [4.69, 9.17) is 5.73 Å². The molecule has 1 saturated heterocycles. The number of aryl methyl sites for hydroxylation is 1. The molecule has 17 heavy (non-hydrogen) atoms. The summed E-state index contributed by atoms with van der Waals surface area (Å²) >= 11 is 0. The van der Waals surface area contributed by atoms with Gasteiger partial charge in [0.2, 0.25) is 0 Å². The number of nitrogens with two attached hydrogens (primary N) is 1. The molecule has 1 aliphatic rings. The van der Waals surface area contributed by atoms with Crippen molar-refractivity contribution in [1.29, 1.82) is 0 Å². The zero-order chi connectivity index (χ0) is 12.4. The predicted molar refractivity (Wildman–Crippen MR) is 70.6 cm³/mol.